The predicted octanol–water partition coefficient (Wildman–Crippen LogP) is 1.37. The maximum absolute atomic E-state index is 5.39. The topological polar surface area (TPSA) is 47.3 Å². The molecule has 3 nitrogen and oxygen atoms in total. The van der Waals surface area contributed by atoms with Gasteiger partial charge < -0.3 is 15.8 Å². The Morgan fingerprint density at radius 3 is 2.77 bits per heavy atom. The van der Waals surface area contributed by atoms with E-state index >= 15 is 0 Å². The van der Waals surface area contributed by atoms with Crippen molar-refractivity contribution in [1.82, 2.24) is 0 Å². The number of aryl methyl sites for hydroxylation is 1. The van der Waals surface area contributed by atoms with Crippen LogP contribution in [-0.4, -0.2) is 20.2 Å². The number of nitrogens with one attached hydrogen (secondary N) is 1. The number of rotatable bonds is 4. The van der Waals surface area contributed by atoms with Crippen LogP contribution < -0.4 is 15.8 Å². The number of ether oxygens (including phenoxy) is 1. The van der Waals surface area contributed by atoms with Crippen molar-refractivity contribution in [2.75, 3.05) is 25.5 Å². The fourth-order valence-corrected chi connectivity index (χ4v) is 1.18. The largest absolute Gasteiger partial charge is 0.497 e. The number of benzene rings is 1. The van der Waals surface area contributed by atoms with Crippen LogP contribution in [0.4, 0.5) is 5.69 Å². The lowest BCUT2D eigenvalue weighted by molar-refractivity contribution is 0.414. The van der Waals surface area contributed by atoms with Gasteiger partial charge in [-0.3, -0.25) is 0 Å². The minimum Gasteiger partial charge on any atom is -0.497 e. The molecule has 0 radical (unpaired) electrons. The zero-order valence-electron chi connectivity index (χ0n) is 8.13. The van der Waals surface area contributed by atoms with Gasteiger partial charge in [0.05, 0.1) is 7.11 Å². The molecule has 1 aromatic rings. The first-order valence-electron chi connectivity index (χ1n) is 4.36. The SMILES string of the molecule is COc1cc(C)cc(NCCN)c1. The molecule has 1 aromatic carbocycles. The van der Waals surface area contributed by atoms with E-state index in [0.29, 0.717) is 6.54 Å². The summed E-state index contributed by atoms with van der Waals surface area (Å²) in [6, 6.07) is 6.02. The highest BCUT2D eigenvalue weighted by atomic mass is 16.5. The van der Waals surface area contributed by atoms with Gasteiger partial charge >= 0.3 is 0 Å². The molecule has 0 fully saturated rings. The molecule has 0 aliphatic carbocycles. The van der Waals surface area contributed by atoms with Crippen LogP contribution in [-0.2, 0) is 0 Å². The molecule has 0 amide bonds. The summed E-state index contributed by atoms with van der Waals surface area (Å²) in [6.45, 7) is 3.46. The number of anilines is 1. The van der Waals surface area contributed by atoms with Gasteiger partial charge in [-0.2, -0.15) is 0 Å². The minimum atomic E-state index is 0.635. The number of methoxy groups -OCH3 is 1. The van der Waals surface area contributed by atoms with Gasteiger partial charge in [0.15, 0.2) is 0 Å². The van der Waals surface area contributed by atoms with E-state index in [-0.39, 0.29) is 0 Å². The van der Waals surface area contributed by atoms with E-state index in [9.17, 15) is 0 Å². The number of hydrogen-bond donors (Lipinski definition) is 2. The van der Waals surface area contributed by atoms with E-state index in [2.05, 4.69) is 11.4 Å². The molecule has 0 heterocycles. The fraction of sp³-hybridized carbons (Fsp3) is 0.400. The Bertz CT molecular complexity index is 274. The Hall–Kier alpha value is -1.22. The van der Waals surface area contributed by atoms with Crippen molar-refractivity contribution in [3.05, 3.63) is 23.8 Å². The van der Waals surface area contributed by atoms with Gasteiger partial charge in [-0.15, -0.1) is 0 Å². The molecular formula is C10H16N2O. The summed E-state index contributed by atoms with van der Waals surface area (Å²) >= 11 is 0. The Balaban J connectivity index is 2.76. The van der Waals surface area contributed by atoms with E-state index in [1.807, 2.05) is 19.1 Å². The molecule has 13 heavy (non-hydrogen) atoms. The van der Waals surface area contributed by atoms with Crippen molar-refractivity contribution in [1.29, 1.82) is 0 Å². The van der Waals surface area contributed by atoms with Crippen LogP contribution in [0.25, 0.3) is 0 Å². The molecule has 0 bridgehead atoms. The van der Waals surface area contributed by atoms with Gasteiger partial charge in [-0.1, -0.05) is 0 Å². The number of hydrogen-bond acceptors (Lipinski definition) is 3. The van der Waals surface area contributed by atoms with E-state index in [1.54, 1.807) is 7.11 Å². The highest BCUT2D eigenvalue weighted by molar-refractivity contribution is 5.51. The summed E-state index contributed by atoms with van der Waals surface area (Å²) in [6.07, 6.45) is 0. The molecule has 0 aliphatic rings. The van der Waals surface area contributed by atoms with E-state index in [0.717, 1.165) is 18.0 Å². The summed E-state index contributed by atoms with van der Waals surface area (Å²) in [7, 11) is 1.67. The van der Waals surface area contributed by atoms with Gasteiger partial charge in [0, 0.05) is 24.8 Å². The first kappa shape index (κ1) is 9.86. The van der Waals surface area contributed by atoms with Crippen molar-refractivity contribution >= 4 is 5.69 Å². The van der Waals surface area contributed by atoms with Crippen LogP contribution in [0.15, 0.2) is 18.2 Å². The third-order valence-corrected chi connectivity index (χ3v) is 1.76. The summed E-state index contributed by atoms with van der Waals surface area (Å²) in [5.74, 6) is 0.875. The summed E-state index contributed by atoms with van der Waals surface area (Å²) in [5.41, 5.74) is 7.63. The molecule has 3 N–H and O–H groups in total. The van der Waals surface area contributed by atoms with Gasteiger partial charge in [0.2, 0.25) is 0 Å². The first-order chi connectivity index (χ1) is 6.26. The van der Waals surface area contributed by atoms with Crippen molar-refractivity contribution in [2.45, 2.75) is 6.92 Å². The Morgan fingerprint density at radius 2 is 2.15 bits per heavy atom. The molecule has 0 saturated heterocycles. The monoisotopic (exact) mass is 180 g/mol. The fourth-order valence-electron chi connectivity index (χ4n) is 1.18. The van der Waals surface area contributed by atoms with Crippen molar-refractivity contribution in [3.8, 4) is 5.75 Å². The predicted molar refractivity (Wildman–Crippen MR) is 55.3 cm³/mol. The average molecular weight is 180 g/mol. The molecule has 1 rings (SSSR count). The summed E-state index contributed by atoms with van der Waals surface area (Å²) in [4.78, 5) is 0. The Kier molecular flexibility index (Phi) is 3.58. The Morgan fingerprint density at radius 1 is 1.38 bits per heavy atom. The van der Waals surface area contributed by atoms with Crippen LogP contribution in [0.5, 0.6) is 5.75 Å². The molecular weight excluding hydrogens is 164 g/mol. The molecule has 0 aliphatic heterocycles. The molecule has 3 heteroatoms. The van der Waals surface area contributed by atoms with Crippen molar-refractivity contribution in [3.63, 3.8) is 0 Å². The lowest BCUT2D eigenvalue weighted by Gasteiger charge is -2.08. The third kappa shape index (κ3) is 2.95. The van der Waals surface area contributed by atoms with Crippen LogP contribution in [0, 0.1) is 6.92 Å². The van der Waals surface area contributed by atoms with Crippen LogP contribution >= 0.6 is 0 Å². The van der Waals surface area contributed by atoms with Gasteiger partial charge in [-0.25, -0.2) is 0 Å². The lowest BCUT2D eigenvalue weighted by atomic mass is 10.2. The molecule has 0 saturated carbocycles. The molecule has 0 spiro atoms. The summed E-state index contributed by atoms with van der Waals surface area (Å²) in [5, 5.41) is 3.20. The van der Waals surface area contributed by atoms with Gasteiger partial charge in [0.25, 0.3) is 0 Å². The molecule has 0 aromatic heterocycles. The average Bonchev–Trinajstić information content (AvgIpc) is 2.14. The van der Waals surface area contributed by atoms with Crippen LogP contribution in [0.3, 0.4) is 0 Å². The second-order valence-electron chi connectivity index (χ2n) is 2.95. The van der Waals surface area contributed by atoms with E-state index in [4.69, 9.17) is 10.5 Å². The normalized spacial score (nSPS) is 9.77. The third-order valence-electron chi connectivity index (χ3n) is 1.76. The Labute approximate surface area is 78.9 Å². The second kappa shape index (κ2) is 4.72. The van der Waals surface area contributed by atoms with Crippen molar-refractivity contribution < 1.29 is 4.74 Å². The molecule has 0 atom stereocenters. The van der Waals surface area contributed by atoms with Crippen LogP contribution in [0.1, 0.15) is 5.56 Å². The zero-order valence-corrected chi connectivity index (χ0v) is 8.13. The molecule has 72 valence electrons. The summed E-state index contributed by atoms with van der Waals surface area (Å²) < 4.78 is 5.14. The maximum atomic E-state index is 5.39. The van der Waals surface area contributed by atoms with Crippen LogP contribution in [0.2, 0.25) is 0 Å². The quantitative estimate of drug-likeness (QED) is 0.735. The maximum Gasteiger partial charge on any atom is 0.121 e. The van der Waals surface area contributed by atoms with E-state index in [1.165, 1.54) is 5.56 Å². The van der Waals surface area contributed by atoms with Gasteiger partial charge in [-0.05, 0) is 24.6 Å². The minimum absolute atomic E-state index is 0.635. The first-order valence-corrected chi connectivity index (χ1v) is 4.36. The highest BCUT2D eigenvalue weighted by Crippen LogP contribution is 2.19. The smallest absolute Gasteiger partial charge is 0.121 e. The number of nitrogens with two attached hydrogens (primary N) is 1. The standard InChI is InChI=1S/C10H16N2O/c1-8-5-9(12-4-3-11)7-10(6-8)13-2/h5-7,12H,3-4,11H2,1-2H3. The zero-order chi connectivity index (χ0) is 9.68. The lowest BCUT2D eigenvalue weighted by Crippen LogP contribution is -2.13. The highest BCUT2D eigenvalue weighted by Gasteiger charge is 1.96. The van der Waals surface area contributed by atoms with E-state index < -0.39 is 0 Å². The van der Waals surface area contributed by atoms with Crippen molar-refractivity contribution in [2.24, 2.45) is 5.73 Å². The molecule has 0 unspecified atom stereocenters. The van der Waals surface area contributed by atoms with Gasteiger partial charge in [0.1, 0.15) is 5.75 Å². The second-order valence-corrected chi connectivity index (χ2v) is 2.95.